The lowest BCUT2D eigenvalue weighted by molar-refractivity contribution is -0.141. The number of ether oxygens (including phenoxy) is 2. The predicted octanol–water partition coefficient (Wildman–Crippen LogP) is 3.32. The van der Waals surface area contributed by atoms with E-state index in [2.05, 4.69) is 17.4 Å². The van der Waals surface area contributed by atoms with Crippen LogP contribution in [0.1, 0.15) is 36.8 Å². The third-order valence-electron chi connectivity index (χ3n) is 4.86. The number of nitrogens with one attached hydrogen (secondary N) is 1. The third kappa shape index (κ3) is 5.13. The summed E-state index contributed by atoms with van der Waals surface area (Å²) in [4.78, 5) is 34.1. The van der Waals surface area contributed by atoms with Crippen LogP contribution in [0, 0.1) is 0 Å². The molecule has 0 bridgehead atoms. The van der Waals surface area contributed by atoms with E-state index in [4.69, 9.17) is 14.6 Å². The van der Waals surface area contributed by atoms with Crippen LogP contribution in [0.25, 0.3) is 11.1 Å². The molecule has 2 N–H and O–H groups in total. The number of hydrogen-bond donors (Lipinski definition) is 2. The average Bonchev–Trinajstić information content (AvgIpc) is 3.02. The smallest absolute Gasteiger partial charge is 0.407 e. The quantitative estimate of drug-likeness (QED) is 0.663. The van der Waals surface area contributed by atoms with E-state index in [9.17, 15) is 14.4 Å². The van der Waals surface area contributed by atoms with Crippen LogP contribution >= 0.6 is 0 Å². The first-order valence-electron chi connectivity index (χ1n) is 9.42. The molecule has 0 saturated carbocycles. The van der Waals surface area contributed by atoms with Crippen LogP contribution in [0.15, 0.2) is 48.5 Å². The topological polar surface area (TPSA) is 102 Å². The molecule has 0 aromatic heterocycles. The van der Waals surface area contributed by atoms with Crippen LogP contribution in [0.4, 0.5) is 4.79 Å². The second-order valence-electron chi connectivity index (χ2n) is 6.90. The number of amides is 1. The Kier molecular flexibility index (Phi) is 6.49. The molecule has 0 fully saturated rings. The summed E-state index contributed by atoms with van der Waals surface area (Å²) in [5.41, 5.74) is 4.46. The number of hydrogen-bond acceptors (Lipinski definition) is 5. The molecule has 0 heterocycles. The Balaban J connectivity index is 1.63. The maximum absolute atomic E-state index is 12.3. The molecule has 1 aliphatic carbocycles. The number of rotatable bonds is 8. The normalized spacial score (nSPS) is 13.1. The van der Waals surface area contributed by atoms with E-state index >= 15 is 0 Å². The highest BCUT2D eigenvalue weighted by atomic mass is 16.6. The summed E-state index contributed by atoms with van der Waals surface area (Å²) in [6.07, 6.45) is -0.697. The fourth-order valence-electron chi connectivity index (χ4n) is 3.52. The summed E-state index contributed by atoms with van der Waals surface area (Å²) in [6.45, 7) is 1.30. The van der Waals surface area contributed by atoms with Gasteiger partial charge >= 0.3 is 18.0 Å². The Morgan fingerprint density at radius 2 is 1.59 bits per heavy atom. The Labute approximate surface area is 168 Å². The molecule has 152 valence electrons. The van der Waals surface area contributed by atoms with Crippen molar-refractivity contribution in [2.45, 2.75) is 31.7 Å². The molecule has 29 heavy (non-hydrogen) atoms. The molecule has 2 aromatic carbocycles. The summed E-state index contributed by atoms with van der Waals surface area (Å²) >= 11 is 0. The molecule has 1 atom stereocenters. The number of carboxylic acid groups (broad SMARTS) is 1. The van der Waals surface area contributed by atoms with E-state index in [1.54, 1.807) is 0 Å². The molecular formula is C22H23NO6. The van der Waals surface area contributed by atoms with E-state index in [0.717, 1.165) is 22.3 Å². The number of benzene rings is 2. The molecule has 3 rings (SSSR count). The van der Waals surface area contributed by atoms with Crippen molar-refractivity contribution in [1.82, 2.24) is 5.32 Å². The van der Waals surface area contributed by atoms with Crippen molar-refractivity contribution in [2.24, 2.45) is 0 Å². The number of aliphatic carboxylic acids is 1. The largest absolute Gasteiger partial charge is 0.481 e. The second-order valence-corrected chi connectivity index (χ2v) is 6.90. The van der Waals surface area contributed by atoms with E-state index in [-0.39, 0.29) is 32.0 Å². The summed E-state index contributed by atoms with van der Waals surface area (Å²) in [5.74, 6) is -1.56. The van der Waals surface area contributed by atoms with Gasteiger partial charge in [0.05, 0.1) is 6.04 Å². The predicted molar refractivity (Wildman–Crippen MR) is 105 cm³/mol. The number of carbonyl (C=O) groups is 3. The van der Waals surface area contributed by atoms with Gasteiger partial charge in [-0.3, -0.25) is 9.59 Å². The fraction of sp³-hybridized carbons (Fsp3) is 0.318. The van der Waals surface area contributed by atoms with Gasteiger partial charge in [-0.05, 0) is 28.7 Å². The average molecular weight is 397 g/mol. The van der Waals surface area contributed by atoms with Gasteiger partial charge in [0.25, 0.3) is 0 Å². The number of fused-ring (bicyclic) bond motifs is 3. The Hall–Kier alpha value is -3.35. The van der Waals surface area contributed by atoms with Gasteiger partial charge in [0.1, 0.15) is 13.2 Å². The van der Waals surface area contributed by atoms with Gasteiger partial charge in [0.2, 0.25) is 0 Å². The minimum atomic E-state index is -0.993. The Morgan fingerprint density at radius 1 is 1.00 bits per heavy atom. The van der Waals surface area contributed by atoms with Crippen molar-refractivity contribution in [2.75, 3.05) is 13.2 Å². The number of esters is 1. The third-order valence-corrected chi connectivity index (χ3v) is 4.86. The standard InChI is InChI=1S/C22H23NO6/c1-14(24)28-12-15(10-11-21(25)26)23-22(27)29-13-20-18-8-4-2-6-16(18)17-7-3-5-9-19(17)20/h2-9,15,20H,10-13H2,1H3,(H,23,27)(H,25,26)/t15-/m0/s1. The monoisotopic (exact) mass is 397 g/mol. The molecule has 0 spiro atoms. The zero-order valence-corrected chi connectivity index (χ0v) is 16.1. The molecule has 0 radical (unpaired) electrons. The van der Waals surface area contributed by atoms with Gasteiger partial charge in [-0.15, -0.1) is 0 Å². The number of carbonyl (C=O) groups excluding carboxylic acids is 2. The Bertz CT molecular complexity index is 846. The lowest BCUT2D eigenvalue weighted by atomic mass is 9.98. The van der Waals surface area contributed by atoms with Crippen molar-refractivity contribution in [1.29, 1.82) is 0 Å². The van der Waals surface area contributed by atoms with Crippen LogP contribution in [0.5, 0.6) is 0 Å². The van der Waals surface area contributed by atoms with Crippen LogP contribution in [0.3, 0.4) is 0 Å². The Morgan fingerprint density at radius 3 is 2.14 bits per heavy atom. The summed E-state index contributed by atoms with van der Waals surface area (Å²) in [6, 6.07) is 15.4. The first-order valence-corrected chi connectivity index (χ1v) is 9.42. The van der Waals surface area contributed by atoms with E-state index in [1.165, 1.54) is 6.92 Å². The summed E-state index contributed by atoms with van der Waals surface area (Å²) in [7, 11) is 0. The highest BCUT2D eigenvalue weighted by Gasteiger charge is 2.29. The van der Waals surface area contributed by atoms with Crippen molar-refractivity contribution >= 4 is 18.0 Å². The van der Waals surface area contributed by atoms with Crippen LogP contribution in [-0.4, -0.2) is 42.4 Å². The minimum absolute atomic E-state index is 0.0703. The number of carboxylic acids is 1. The van der Waals surface area contributed by atoms with Gasteiger partial charge in [0, 0.05) is 19.3 Å². The molecule has 7 nitrogen and oxygen atoms in total. The van der Waals surface area contributed by atoms with Gasteiger partial charge < -0.3 is 19.9 Å². The highest BCUT2D eigenvalue weighted by molar-refractivity contribution is 5.79. The van der Waals surface area contributed by atoms with E-state index < -0.39 is 24.1 Å². The van der Waals surface area contributed by atoms with Crippen molar-refractivity contribution in [3.8, 4) is 11.1 Å². The van der Waals surface area contributed by atoms with Crippen LogP contribution in [-0.2, 0) is 19.1 Å². The molecule has 0 unspecified atom stereocenters. The maximum atomic E-state index is 12.3. The zero-order valence-electron chi connectivity index (χ0n) is 16.1. The lowest BCUT2D eigenvalue weighted by Gasteiger charge is -2.19. The highest BCUT2D eigenvalue weighted by Crippen LogP contribution is 2.44. The molecule has 7 heteroatoms. The van der Waals surface area contributed by atoms with Gasteiger partial charge in [-0.25, -0.2) is 4.79 Å². The van der Waals surface area contributed by atoms with E-state index in [0.29, 0.717) is 0 Å². The summed E-state index contributed by atoms with van der Waals surface area (Å²) in [5, 5.41) is 11.5. The molecule has 2 aromatic rings. The van der Waals surface area contributed by atoms with Crippen molar-refractivity contribution < 1.29 is 29.0 Å². The van der Waals surface area contributed by atoms with Crippen molar-refractivity contribution in [3.05, 3.63) is 59.7 Å². The maximum Gasteiger partial charge on any atom is 0.407 e. The summed E-state index contributed by atoms with van der Waals surface area (Å²) < 4.78 is 10.4. The first-order chi connectivity index (χ1) is 14.0. The van der Waals surface area contributed by atoms with Gasteiger partial charge in [-0.2, -0.15) is 0 Å². The molecule has 1 aliphatic rings. The second kappa shape index (κ2) is 9.23. The zero-order chi connectivity index (χ0) is 20.8. The first kappa shape index (κ1) is 20.4. The minimum Gasteiger partial charge on any atom is -0.481 e. The molecular weight excluding hydrogens is 374 g/mol. The molecule has 0 aliphatic heterocycles. The molecule has 0 saturated heterocycles. The lowest BCUT2D eigenvalue weighted by Crippen LogP contribution is -2.39. The van der Waals surface area contributed by atoms with Crippen LogP contribution in [0.2, 0.25) is 0 Å². The van der Waals surface area contributed by atoms with Gasteiger partial charge in [0.15, 0.2) is 0 Å². The SMILES string of the molecule is CC(=O)OC[C@H](CCC(=O)O)NC(=O)OCC1c2ccccc2-c2ccccc21. The molecule has 1 amide bonds. The van der Waals surface area contributed by atoms with Crippen LogP contribution < -0.4 is 5.32 Å². The van der Waals surface area contributed by atoms with E-state index in [1.807, 2.05) is 36.4 Å². The van der Waals surface area contributed by atoms with Gasteiger partial charge in [-0.1, -0.05) is 48.5 Å². The fourth-order valence-corrected chi connectivity index (χ4v) is 3.52. The van der Waals surface area contributed by atoms with Crippen molar-refractivity contribution in [3.63, 3.8) is 0 Å². The number of alkyl carbamates (subject to hydrolysis) is 1.